The van der Waals surface area contributed by atoms with Crippen LogP contribution >= 0.6 is 0 Å². The van der Waals surface area contributed by atoms with Gasteiger partial charge < -0.3 is 9.64 Å². The first-order valence-corrected chi connectivity index (χ1v) is 8.06. The zero-order valence-corrected chi connectivity index (χ0v) is 14.9. The van der Waals surface area contributed by atoms with Gasteiger partial charge in [-0.25, -0.2) is 4.79 Å². The number of fused-ring (bicyclic) bond motifs is 1. The second kappa shape index (κ2) is 5.36. The number of hydrogen-bond donors (Lipinski definition) is 0. The van der Waals surface area contributed by atoms with Gasteiger partial charge in [-0.3, -0.25) is 4.79 Å². The van der Waals surface area contributed by atoms with Crippen LogP contribution in [0.4, 0.5) is 4.79 Å². The highest BCUT2D eigenvalue weighted by Crippen LogP contribution is 2.52. The fourth-order valence-electron chi connectivity index (χ4n) is 4.01. The number of nitriles is 1. The summed E-state index contributed by atoms with van der Waals surface area (Å²) in [6, 6.07) is 2.03. The minimum Gasteiger partial charge on any atom is -0.444 e. The summed E-state index contributed by atoms with van der Waals surface area (Å²) >= 11 is 0. The molecule has 1 aliphatic carbocycles. The Morgan fingerprint density at radius 3 is 2.52 bits per heavy atom. The second-order valence-corrected chi connectivity index (χ2v) is 8.47. The average molecular weight is 318 g/mol. The number of carbonyl (C=O) groups excluding carboxylic acids is 2. The number of allylic oxidation sites excluding steroid dienone is 1. The summed E-state index contributed by atoms with van der Waals surface area (Å²) in [5.41, 5.74) is -1.31. The Bertz CT molecular complexity index is 607. The quantitative estimate of drug-likeness (QED) is 0.687. The van der Waals surface area contributed by atoms with Gasteiger partial charge in [-0.1, -0.05) is 26.8 Å². The molecule has 0 aromatic rings. The van der Waals surface area contributed by atoms with Gasteiger partial charge in [0.05, 0.1) is 5.57 Å². The molecular weight excluding hydrogens is 292 g/mol. The third kappa shape index (κ3) is 3.12. The van der Waals surface area contributed by atoms with E-state index < -0.39 is 16.4 Å². The third-order valence-electron chi connectivity index (χ3n) is 4.96. The van der Waals surface area contributed by atoms with E-state index in [1.54, 1.807) is 11.0 Å². The highest BCUT2D eigenvalue weighted by Gasteiger charge is 2.54. The molecule has 2 atom stereocenters. The van der Waals surface area contributed by atoms with Crippen molar-refractivity contribution < 1.29 is 14.3 Å². The van der Waals surface area contributed by atoms with Crippen molar-refractivity contribution in [3.05, 3.63) is 11.6 Å². The number of ketones is 1. The zero-order chi connectivity index (χ0) is 17.6. The van der Waals surface area contributed by atoms with Crippen molar-refractivity contribution in [3.63, 3.8) is 0 Å². The molecule has 5 nitrogen and oxygen atoms in total. The van der Waals surface area contributed by atoms with E-state index in [0.717, 1.165) is 6.42 Å². The maximum Gasteiger partial charge on any atom is 0.410 e. The fraction of sp³-hybridized carbons (Fsp3) is 0.722. The van der Waals surface area contributed by atoms with Gasteiger partial charge in [0, 0.05) is 23.9 Å². The topological polar surface area (TPSA) is 70.4 Å². The van der Waals surface area contributed by atoms with Gasteiger partial charge in [-0.05, 0) is 33.1 Å². The summed E-state index contributed by atoms with van der Waals surface area (Å²) in [5, 5.41) is 9.28. The van der Waals surface area contributed by atoms with Gasteiger partial charge in [0.1, 0.15) is 11.7 Å². The lowest BCUT2D eigenvalue weighted by Crippen LogP contribution is -2.57. The van der Waals surface area contributed by atoms with Gasteiger partial charge in [0.25, 0.3) is 0 Å². The van der Waals surface area contributed by atoms with E-state index in [2.05, 4.69) is 0 Å². The first-order chi connectivity index (χ1) is 10.4. The molecule has 0 saturated carbocycles. The molecule has 1 heterocycles. The molecule has 2 rings (SSSR count). The Kier molecular flexibility index (Phi) is 4.09. The number of carbonyl (C=O) groups is 2. The molecule has 0 radical (unpaired) electrons. The Balaban J connectivity index is 2.31. The van der Waals surface area contributed by atoms with Crippen molar-refractivity contribution in [1.29, 1.82) is 5.26 Å². The van der Waals surface area contributed by atoms with Crippen molar-refractivity contribution in [1.82, 2.24) is 4.90 Å². The number of piperidine rings is 1. The number of likely N-dealkylation sites (tertiary alicyclic amines) is 1. The minimum atomic E-state index is -0.589. The first-order valence-electron chi connectivity index (χ1n) is 8.06. The summed E-state index contributed by atoms with van der Waals surface area (Å²) in [4.78, 5) is 26.5. The van der Waals surface area contributed by atoms with Gasteiger partial charge in [-0.15, -0.1) is 0 Å². The lowest BCUT2D eigenvalue weighted by molar-refractivity contribution is -0.131. The van der Waals surface area contributed by atoms with Crippen molar-refractivity contribution in [2.45, 2.75) is 53.6 Å². The molecule has 0 aromatic heterocycles. The lowest BCUT2D eigenvalue weighted by Gasteiger charge is -2.52. The molecule has 0 unspecified atom stereocenters. The second-order valence-electron chi connectivity index (χ2n) is 8.47. The van der Waals surface area contributed by atoms with E-state index in [4.69, 9.17) is 4.74 Å². The number of nitrogens with zero attached hydrogens (tertiary/aromatic N) is 2. The van der Waals surface area contributed by atoms with E-state index in [1.807, 2.05) is 47.6 Å². The number of amides is 1. The monoisotopic (exact) mass is 318 g/mol. The summed E-state index contributed by atoms with van der Waals surface area (Å²) in [6.07, 6.45) is 2.16. The van der Waals surface area contributed by atoms with Crippen LogP contribution in [0, 0.1) is 28.1 Å². The molecular formula is C18H26N2O3. The predicted octanol–water partition coefficient (Wildman–Crippen LogP) is 3.31. The average Bonchev–Trinajstić information content (AvgIpc) is 2.40. The van der Waals surface area contributed by atoms with Crippen LogP contribution in [0.3, 0.4) is 0 Å². The summed E-state index contributed by atoms with van der Waals surface area (Å²) in [7, 11) is 0. The van der Waals surface area contributed by atoms with Crippen molar-refractivity contribution in [2.24, 2.45) is 16.7 Å². The normalized spacial score (nSPS) is 30.1. The predicted molar refractivity (Wildman–Crippen MR) is 86.5 cm³/mol. The first kappa shape index (κ1) is 17.5. The maximum atomic E-state index is 12.5. The highest BCUT2D eigenvalue weighted by atomic mass is 16.6. The third-order valence-corrected chi connectivity index (χ3v) is 4.96. The van der Waals surface area contributed by atoms with Crippen LogP contribution in [0.5, 0.6) is 0 Å². The van der Waals surface area contributed by atoms with E-state index in [-0.39, 0.29) is 23.4 Å². The number of Topliss-reactive ketones (excluding diaryl/α,β-unsaturated/α-hetero) is 1. The van der Waals surface area contributed by atoms with Crippen molar-refractivity contribution in [2.75, 3.05) is 13.1 Å². The maximum absolute atomic E-state index is 12.5. The van der Waals surface area contributed by atoms with Crippen LogP contribution in [-0.2, 0) is 9.53 Å². The lowest BCUT2D eigenvalue weighted by atomic mass is 9.55. The van der Waals surface area contributed by atoms with Crippen molar-refractivity contribution >= 4 is 11.9 Å². The van der Waals surface area contributed by atoms with E-state index in [1.165, 1.54) is 0 Å². The van der Waals surface area contributed by atoms with E-state index >= 15 is 0 Å². The van der Waals surface area contributed by atoms with E-state index in [0.29, 0.717) is 13.1 Å². The molecule has 126 valence electrons. The Morgan fingerprint density at radius 2 is 2.00 bits per heavy atom. The molecule has 1 amide bonds. The molecule has 2 aliphatic rings. The van der Waals surface area contributed by atoms with Gasteiger partial charge >= 0.3 is 6.09 Å². The van der Waals surface area contributed by atoms with Crippen LogP contribution in [0.2, 0.25) is 0 Å². The molecule has 0 aromatic carbocycles. The largest absolute Gasteiger partial charge is 0.444 e. The Morgan fingerprint density at radius 1 is 1.39 bits per heavy atom. The molecule has 0 spiro atoms. The highest BCUT2D eigenvalue weighted by molar-refractivity contribution is 6.04. The van der Waals surface area contributed by atoms with Crippen molar-refractivity contribution in [3.8, 4) is 6.07 Å². The number of hydrogen-bond acceptors (Lipinski definition) is 4. The molecule has 1 saturated heterocycles. The van der Waals surface area contributed by atoms with Gasteiger partial charge in [-0.2, -0.15) is 5.26 Å². The smallest absolute Gasteiger partial charge is 0.410 e. The van der Waals surface area contributed by atoms with Crippen LogP contribution in [-0.4, -0.2) is 35.5 Å². The van der Waals surface area contributed by atoms with Crippen LogP contribution in [0.25, 0.3) is 0 Å². The molecule has 23 heavy (non-hydrogen) atoms. The molecule has 5 heteroatoms. The Hall–Kier alpha value is -1.83. The van der Waals surface area contributed by atoms with E-state index in [9.17, 15) is 14.9 Å². The Labute approximate surface area is 138 Å². The molecule has 1 aliphatic heterocycles. The molecule has 0 N–H and O–H groups in total. The van der Waals surface area contributed by atoms with Crippen LogP contribution in [0.15, 0.2) is 11.6 Å². The summed E-state index contributed by atoms with van der Waals surface area (Å²) in [5.74, 6) is 0.0199. The SMILES string of the molecule is CC(C)(C)OC(=O)N1CC[C@H]2C(C)(C)C(=O)C(C#N)=C[C@@]2(C)C1. The molecule has 1 fully saturated rings. The zero-order valence-electron chi connectivity index (χ0n) is 14.9. The summed E-state index contributed by atoms with van der Waals surface area (Å²) in [6.45, 7) is 12.4. The van der Waals surface area contributed by atoms with Crippen LogP contribution in [0.1, 0.15) is 48.0 Å². The standard InChI is InChI=1S/C18H26N2O3/c1-16(2,3)23-15(22)20-8-7-13-17(4,5)14(21)12(10-19)9-18(13,6)11-20/h9,13H,7-8,11H2,1-6H3/t13-,18-/m0/s1. The molecule has 0 bridgehead atoms. The fourth-order valence-corrected chi connectivity index (χ4v) is 4.01. The number of rotatable bonds is 0. The minimum absolute atomic E-state index is 0.0896. The van der Waals surface area contributed by atoms with Crippen LogP contribution < -0.4 is 0 Å². The van der Waals surface area contributed by atoms with Gasteiger partial charge in [0.2, 0.25) is 0 Å². The summed E-state index contributed by atoms with van der Waals surface area (Å²) < 4.78 is 5.46. The number of ether oxygens (including phenoxy) is 1. The van der Waals surface area contributed by atoms with Gasteiger partial charge in [0.15, 0.2) is 5.78 Å².